The number of hydrogen-bond donors (Lipinski definition) is 4. The molecule has 0 bridgehead atoms. The molecule has 0 aliphatic heterocycles. The number of hydrogen-bond acceptors (Lipinski definition) is 4. The molecule has 0 amide bonds. The first kappa shape index (κ1) is 14.7. The van der Waals surface area contributed by atoms with Gasteiger partial charge in [-0.1, -0.05) is 6.07 Å². The van der Waals surface area contributed by atoms with E-state index < -0.39 is 0 Å². The van der Waals surface area contributed by atoms with Crippen molar-refractivity contribution >= 4 is 0 Å². The van der Waals surface area contributed by atoms with Crippen molar-refractivity contribution in [2.24, 2.45) is 0 Å². The zero-order chi connectivity index (χ0) is 14.6. The Morgan fingerprint density at radius 2 is 1.00 bits per heavy atom. The molecule has 0 radical (unpaired) electrons. The molecule has 2 aromatic carbocycles. The maximum Gasteiger partial charge on any atom is 0.122 e. The van der Waals surface area contributed by atoms with Crippen molar-refractivity contribution in [2.45, 2.75) is 20.8 Å². The summed E-state index contributed by atoms with van der Waals surface area (Å²) in [5.74, 6) is 0.569. The molecule has 0 aromatic heterocycles. The van der Waals surface area contributed by atoms with Crippen LogP contribution in [0.4, 0.5) is 0 Å². The van der Waals surface area contributed by atoms with E-state index in [1.54, 1.807) is 32.0 Å². The first-order chi connectivity index (χ1) is 8.82. The second kappa shape index (κ2) is 6.00. The third-order valence-corrected chi connectivity index (χ3v) is 2.77. The summed E-state index contributed by atoms with van der Waals surface area (Å²) in [6.45, 7) is 5.15. The summed E-state index contributed by atoms with van der Waals surface area (Å²) in [5.41, 5.74) is 1.92. The van der Waals surface area contributed by atoms with Crippen LogP contribution in [0.25, 0.3) is 0 Å². The van der Waals surface area contributed by atoms with Crippen LogP contribution in [-0.4, -0.2) is 20.4 Å². The van der Waals surface area contributed by atoms with Gasteiger partial charge in [-0.2, -0.15) is 0 Å². The Kier molecular flexibility index (Phi) is 4.64. The SMILES string of the molecule is Cc1c(O)cccc1O.Cc1cc(O)c(C)c(O)c1. The maximum absolute atomic E-state index is 9.12. The Morgan fingerprint density at radius 3 is 1.37 bits per heavy atom. The highest BCUT2D eigenvalue weighted by atomic mass is 16.3. The lowest BCUT2D eigenvalue weighted by atomic mass is 10.1. The average Bonchev–Trinajstić information content (AvgIpc) is 2.33. The Bertz CT molecular complexity index is 533. The molecule has 0 aliphatic carbocycles. The molecule has 4 N–H and O–H groups in total. The zero-order valence-electron chi connectivity index (χ0n) is 11.2. The van der Waals surface area contributed by atoms with Crippen molar-refractivity contribution < 1.29 is 20.4 Å². The van der Waals surface area contributed by atoms with Gasteiger partial charge in [0.05, 0.1) is 0 Å². The lowest BCUT2D eigenvalue weighted by molar-refractivity contribution is 0.442. The van der Waals surface area contributed by atoms with Gasteiger partial charge < -0.3 is 20.4 Å². The van der Waals surface area contributed by atoms with Crippen LogP contribution in [-0.2, 0) is 0 Å². The Hall–Kier alpha value is -2.36. The summed E-state index contributed by atoms with van der Waals surface area (Å²) in [6.07, 6.45) is 0. The number of aromatic hydroxyl groups is 4. The van der Waals surface area contributed by atoms with Crippen LogP contribution < -0.4 is 0 Å². The number of phenols is 4. The molecule has 0 saturated carbocycles. The third-order valence-electron chi connectivity index (χ3n) is 2.77. The zero-order valence-corrected chi connectivity index (χ0v) is 11.2. The first-order valence-electron chi connectivity index (χ1n) is 5.79. The van der Waals surface area contributed by atoms with Crippen LogP contribution in [0.5, 0.6) is 23.0 Å². The number of phenolic OH excluding ortho intramolecular Hbond substituents is 4. The lowest BCUT2D eigenvalue weighted by Crippen LogP contribution is -1.78. The van der Waals surface area contributed by atoms with Crippen molar-refractivity contribution in [3.8, 4) is 23.0 Å². The van der Waals surface area contributed by atoms with E-state index in [2.05, 4.69) is 0 Å². The van der Waals surface area contributed by atoms with E-state index >= 15 is 0 Å². The van der Waals surface area contributed by atoms with Crippen LogP contribution in [0.15, 0.2) is 30.3 Å². The Morgan fingerprint density at radius 1 is 0.632 bits per heavy atom. The van der Waals surface area contributed by atoms with Crippen LogP contribution >= 0.6 is 0 Å². The smallest absolute Gasteiger partial charge is 0.122 e. The fraction of sp³-hybridized carbons (Fsp3) is 0.200. The minimum Gasteiger partial charge on any atom is -0.508 e. The normalized spacial score (nSPS) is 9.63. The third kappa shape index (κ3) is 3.81. The highest BCUT2D eigenvalue weighted by molar-refractivity contribution is 5.44. The van der Waals surface area contributed by atoms with Gasteiger partial charge in [0.2, 0.25) is 0 Å². The van der Waals surface area contributed by atoms with E-state index in [9.17, 15) is 0 Å². The molecule has 4 nitrogen and oxygen atoms in total. The highest BCUT2D eigenvalue weighted by Gasteiger charge is 2.01. The molecule has 0 fully saturated rings. The quantitative estimate of drug-likeness (QED) is 0.588. The van der Waals surface area contributed by atoms with Crippen LogP contribution in [0, 0.1) is 20.8 Å². The summed E-state index contributed by atoms with van der Waals surface area (Å²) >= 11 is 0. The van der Waals surface area contributed by atoms with Gasteiger partial charge in [0.1, 0.15) is 23.0 Å². The molecule has 4 heteroatoms. The monoisotopic (exact) mass is 262 g/mol. The van der Waals surface area contributed by atoms with E-state index in [1.807, 2.05) is 6.92 Å². The van der Waals surface area contributed by atoms with E-state index in [4.69, 9.17) is 20.4 Å². The molecular weight excluding hydrogens is 244 g/mol. The van der Waals surface area contributed by atoms with Gasteiger partial charge in [0, 0.05) is 11.1 Å². The summed E-state index contributed by atoms with van der Waals surface area (Å²) in [7, 11) is 0. The lowest BCUT2D eigenvalue weighted by Gasteiger charge is -2.01. The van der Waals surface area contributed by atoms with Crippen LogP contribution in [0.3, 0.4) is 0 Å². The van der Waals surface area contributed by atoms with Crippen molar-refractivity contribution in [1.29, 1.82) is 0 Å². The summed E-state index contributed by atoms with van der Waals surface area (Å²) in [5, 5.41) is 36.1. The predicted molar refractivity (Wildman–Crippen MR) is 73.8 cm³/mol. The predicted octanol–water partition coefficient (Wildman–Crippen LogP) is 3.12. The molecule has 0 spiro atoms. The molecule has 0 aliphatic rings. The molecule has 2 rings (SSSR count). The van der Waals surface area contributed by atoms with Gasteiger partial charge in [-0.25, -0.2) is 0 Å². The molecule has 2 aromatic rings. The first-order valence-corrected chi connectivity index (χ1v) is 5.79. The average molecular weight is 262 g/mol. The largest absolute Gasteiger partial charge is 0.508 e. The standard InChI is InChI=1S/C8H10O2.C7H8O2/c1-5-3-7(9)6(2)8(10)4-5;1-5-6(8)3-2-4-7(5)9/h3-4,9-10H,1-2H3;2-4,8-9H,1H3. The summed E-state index contributed by atoms with van der Waals surface area (Å²) < 4.78 is 0. The van der Waals surface area contributed by atoms with Crippen LogP contribution in [0.2, 0.25) is 0 Å². The number of benzene rings is 2. The second-order valence-corrected chi connectivity index (χ2v) is 4.35. The van der Waals surface area contributed by atoms with E-state index in [0.29, 0.717) is 11.1 Å². The van der Waals surface area contributed by atoms with Gasteiger partial charge in [0.15, 0.2) is 0 Å². The fourth-order valence-electron chi connectivity index (χ4n) is 1.43. The Balaban J connectivity index is 0.000000191. The molecular formula is C15H18O4. The number of aryl methyl sites for hydroxylation is 1. The van der Waals surface area contributed by atoms with Crippen molar-refractivity contribution in [2.75, 3.05) is 0 Å². The maximum atomic E-state index is 9.12. The summed E-state index contributed by atoms with van der Waals surface area (Å²) in [4.78, 5) is 0. The Labute approximate surface area is 112 Å². The fourth-order valence-corrected chi connectivity index (χ4v) is 1.43. The minimum atomic E-state index is 0.134. The number of rotatable bonds is 0. The molecule has 0 atom stereocenters. The molecule has 0 unspecified atom stereocenters. The molecule has 0 saturated heterocycles. The van der Waals surface area contributed by atoms with Gasteiger partial charge in [-0.05, 0) is 50.6 Å². The minimum absolute atomic E-state index is 0.134. The van der Waals surface area contributed by atoms with Crippen molar-refractivity contribution in [1.82, 2.24) is 0 Å². The van der Waals surface area contributed by atoms with Gasteiger partial charge in [0.25, 0.3) is 0 Å². The van der Waals surface area contributed by atoms with Gasteiger partial charge in [-0.3, -0.25) is 0 Å². The van der Waals surface area contributed by atoms with Crippen molar-refractivity contribution in [3.63, 3.8) is 0 Å². The molecule has 102 valence electrons. The molecule has 0 heterocycles. The van der Waals surface area contributed by atoms with Crippen molar-refractivity contribution in [3.05, 3.63) is 47.0 Å². The topological polar surface area (TPSA) is 80.9 Å². The second-order valence-electron chi connectivity index (χ2n) is 4.35. The van der Waals surface area contributed by atoms with E-state index in [1.165, 1.54) is 12.1 Å². The summed E-state index contributed by atoms with van der Waals surface area (Å²) in [6, 6.07) is 7.91. The van der Waals surface area contributed by atoms with Crippen LogP contribution in [0.1, 0.15) is 16.7 Å². The van der Waals surface area contributed by atoms with E-state index in [0.717, 1.165) is 5.56 Å². The van der Waals surface area contributed by atoms with Gasteiger partial charge >= 0.3 is 0 Å². The van der Waals surface area contributed by atoms with Gasteiger partial charge in [-0.15, -0.1) is 0 Å². The van der Waals surface area contributed by atoms with E-state index in [-0.39, 0.29) is 23.0 Å². The molecule has 19 heavy (non-hydrogen) atoms. The highest BCUT2D eigenvalue weighted by Crippen LogP contribution is 2.26.